The van der Waals surface area contributed by atoms with Crippen LogP contribution in [0.4, 0.5) is 0 Å². The highest BCUT2D eigenvalue weighted by molar-refractivity contribution is 7.15. The number of carbonyl (C=O) groups excluding carboxylic acids is 1. The second-order valence-corrected chi connectivity index (χ2v) is 7.26. The van der Waals surface area contributed by atoms with Crippen molar-refractivity contribution in [2.75, 3.05) is 7.05 Å². The van der Waals surface area contributed by atoms with Gasteiger partial charge in [-0.3, -0.25) is 9.69 Å². The number of likely N-dealkylation sites (N-methyl/N-ethyl adjacent to an activating group) is 1. The predicted octanol–water partition coefficient (Wildman–Crippen LogP) is 2.30. The summed E-state index contributed by atoms with van der Waals surface area (Å²) in [6.07, 6.45) is 7.00. The second kappa shape index (κ2) is 5.24. The van der Waals surface area contributed by atoms with E-state index in [1.807, 2.05) is 19.1 Å². The molecular weight excluding hydrogens is 322 g/mol. The van der Waals surface area contributed by atoms with E-state index in [0.29, 0.717) is 0 Å². The lowest BCUT2D eigenvalue weighted by molar-refractivity contribution is -0.123. The van der Waals surface area contributed by atoms with Crippen LogP contribution in [0.5, 0.6) is 0 Å². The molecule has 1 fully saturated rings. The van der Waals surface area contributed by atoms with Crippen LogP contribution in [-0.2, 0) is 10.3 Å². The van der Waals surface area contributed by atoms with Crippen LogP contribution in [-0.4, -0.2) is 33.8 Å². The van der Waals surface area contributed by atoms with Crippen molar-refractivity contribution in [2.24, 2.45) is 10.7 Å². The summed E-state index contributed by atoms with van der Waals surface area (Å²) in [5, 5.41) is 0. The molecule has 0 saturated heterocycles. The average Bonchev–Trinajstić information content (AvgIpc) is 3.27. The number of allylic oxidation sites excluding steroid dienone is 1. The monoisotopic (exact) mass is 339 g/mol. The number of carbonyl (C=O) groups is 1. The number of hydrogen-bond acceptors (Lipinski definition) is 6. The minimum Gasteiger partial charge on any atom is -0.369 e. The van der Waals surface area contributed by atoms with Gasteiger partial charge in [0.25, 0.3) is 5.91 Å². The SMILES string of the molecule is CN1C(=O)C(=C2CC2)[C@@](C)(c2ccc(-c3cncnc3)s2)N=C1N. The van der Waals surface area contributed by atoms with E-state index in [0.717, 1.165) is 33.7 Å². The molecule has 7 heteroatoms. The third-order valence-corrected chi connectivity index (χ3v) is 5.82. The Hall–Kier alpha value is -2.54. The van der Waals surface area contributed by atoms with Crippen LogP contribution in [0.3, 0.4) is 0 Å². The molecule has 0 unspecified atom stereocenters. The first kappa shape index (κ1) is 15.0. The molecule has 2 aromatic heterocycles. The van der Waals surface area contributed by atoms with Gasteiger partial charge in [0.05, 0.1) is 0 Å². The predicted molar refractivity (Wildman–Crippen MR) is 93.3 cm³/mol. The van der Waals surface area contributed by atoms with Gasteiger partial charge in [-0.1, -0.05) is 5.57 Å². The molecule has 0 aromatic carbocycles. The number of aromatic nitrogens is 2. The Kier molecular flexibility index (Phi) is 3.28. The molecule has 2 aromatic rings. The fourth-order valence-corrected chi connectivity index (χ4v) is 4.09. The zero-order valence-electron chi connectivity index (χ0n) is 13.5. The normalized spacial score (nSPS) is 23.5. The van der Waals surface area contributed by atoms with Gasteiger partial charge < -0.3 is 5.73 Å². The zero-order valence-corrected chi connectivity index (χ0v) is 14.3. The fraction of sp³-hybridized carbons (Fsp3) is 0.294. The number of nitrogens with zero attached hydrogens (tertiary/aromatic N) is 4. The maximum Gasteiger partial charge on any atom is 0.259 e. The van der Waals surface area contributed by atoms with E-state index < -0.39 is 5.54 Å². The number of amides is 1. The fourth-order valence-electron chi connectivity index (χ4n) is 3.01. The van der Waals surface area contributed by atoms with E-state index in [4.69, 9.17) is 5.73 Å². The van der Waals surface area contributed by atoms with Crippen molar-refractivity contribution in [3.8, 4) is 10.4 Å². The molecular formula is C17H17N5OS. The summed E-state index contributed by atoms with van der Waals surface area (Å²) in [6, 6.07) is 4.04. The lowest BCUT2D eigenvalue weighted by Crippen LogP contribution is -2.49. The zero-order chi connectivity index (χ0) is 16.9. The molecule has 1 aliphatic heterocycles. The quantitative estimate of drug-likeness (QED) is 0.851. The van der Waals surface area contributed by atoms with Gasteiger partial charge in [0.15, 0.2) is 5.96 Å². The molecule has 24 heavy (non-hydrogen) atoms. The van der Waals surface area contributed by atoms with Gasteiger partial charge in [-0.2, -0.15) is 0 Å². The van der Waals surface area contributed by atoms with E-state index in [2.05, 4.69) is 15.0 Å². The highest BCUT2D eigenvalue weighted by atomic mass is 32.1. The molecule has 0 radical (unpaired) electrons. The average molecular weight is 339 g/mol. The molecule has 0 spiro atoms. The third kappa shape index (κ3) is 2.24. The lowest BCUT2D eigenvalue weighted by atomic mass is 9.87. The summed E-state index contributed by atoms with van der Waals surface area (Å²) in [6.45, 7) is 1.97. The van der Waals surface area contributed by atoms with Crippen molar-refractivity contribution >= 4 is 23.2 Å². The van der Waals surface area contributed by atoms with E-state index >= 15 is 0 Å². The number of rotatable bonds is 2. The van der Waals surface area contributed by atoms with Crippen LogP contribution in [0, 0.1) is 0 Å². The van der Waals surface area contributed by atoms with Crippen molar-refractivity contribution < 1.29 is 4.79 Å². The first-order valence-electron chi connectivity index (χ1n) is 7.72. The molecule has 1 atom stereocenters. The molecule has 1 aliphatic carbocycles. The van der Waals surface area contributed by atoms with Crippen LogP contribution in [0.2, 0.25) is 0 Å². The largest absolute Gasteiger partial charge is 0.369 e. The minimum absolute atomic E-state index is 0.0458. The van der Waals surface area contributed by atoms with Gasteiger partial charge in [-0.25, -0.2) is 15.0 Å². The lowest BCUT2D eigenvalue weighted by Gasteiger charge is -2.35. The van der Waals surface area contributed by atoms with Crippen LogP contribution in [0.1, 0.15) is 24.6 Å². The summed E-state index contributed by atoms with van der Waals surface area (Å²) < 4.78 is 0. The molecule has 1 saturated carbocycles. The van der Waals surface area contributed by atoms with E-state index in [-0.39, 0.29) is 11.9 Å². The summed E-state index contributed by atoms with van der Waals surface area (Å²) >= 11 is 1.60. The molecule has 2 aliphatic rings. The van der Waals surface area contributed by atoms with E-state index in [1.54, 1.807) is 30.8 Å². The smallest absolute Gasteiger partial charge is 0.259 e. The van der Waals surface area contributed by atoms with Crippen molar-refractivity contribution in [3.05, 3.63) is 46.9 Å². The Labute approximate surface area is 143 Å². The van der Waals surface area contributed by atoms with Crippen LogP contribution in [0.25, 0.3) is 10.4 Å². The molecule has 2 N–H and O–H groups in total. The number of nitrogens with two attached hydrogens (primary N) is 1. The Bertz CT molecular complexity index is 879. The molecule has 1 amide bonds. The summed E-state index contributed by atoms with van der Waals surface area (Å²) in [5.41, 5.74) is 8.19. The highest BCUT2D eigenvalue weighted by Gasteiger charge is 2.45. The van der Waals surface area contributed by atoms with Gasteiger partial charge >= 0.3 is 0 Å². The van der Waals surface area contributed by atoms with Crippen LogP contribution in [0.15, 0.2) is 47.0 Å². The number of hydrogen-bond donors (Lipinski definition) is 1. The van der Waals surface area contributed by atoms with Gasteiger partial charge in [-0.05, 0) is 31.9 Å². The van der Waals surface area contributed by atoms with E-state index in [1.165, 1.54) is 16.8 Å². The van der Waals surface area contributed by atoms with Crippen molar-refractivity contribution in [1.29, 1.82) is 0 Å². The standard InChI is InChI=1S/C17H17N5OS/c1-17(13-6-5-12(24-13)11-7-19-9-20-8-11)14(10-3-4-10)15(23)22(2)16(18)21-17/h5-9H,3-4H2,1-2H3,(H2,18,21)/t17-/m1/s1. The van der Waals surface area contributed by atoms with Crippen LogP contribution < -0.4 is 5.73 Å². The molecule has 122 valence electrons. The number of guanidine groups is 1. The van der Waals surface area contributed by atoms with Crippen molar-refractivity contribution in [2.45, 2.75) is 25.3 Å². The maximum absolute atomic E-state index is 12.8. The Balaban J connectivity index is 1.84. The molecule has 0 bridgehead atoms. The topological polar surface area (TPSA) is 84.5 Å². The first-order chi connectivity index (χ1) is 11.5. The highest BCUT2D eigenvalue weighted by Crippen LogP contribution is 2.48. The Morgan fingerprint density at radius 2 is 1.96 bits per heavy atom. The minimum atomic E-state index is -0.724. The van der Waals surface area contributed by atoms with Crippen molar-refractivity contribution in [3.63, 3.8) is 0 Å². The maximum atomic E-state index is 12.8. The third-order valence-electron chi connectivity index (χ3n) is 4.47. The number of thiophene rings is 1. The van der Waals surface area contributed by atoms with Crippen LogP contribution >= 0.6 is 11.3 Å². The van der Waals surface area contributed by atoms with Crippen molar-refractivity contribution in [1.82, 2.24) is 14.9 Å². The Morgan fingerprint density at radius 1 is 1.25 bits per heavy atom. The summed E-state index contributed by atoms with van der Waals surface area (Å²) in [5.74, 6) is 0.209. The molecule has 6 nitrogen and oxygen atoms in total. The second-order valence-electron chi connectivity index (χ2n) is 6.18. The Morgan fingerprint density at radius 3 is 2.62 bits per heavy atom. The number of aliphatic imine (C=N–C) groups is 1. The van der Waals surface area contributed by atoms with Gasteiger partial charge in [-0.15, -0.1) is 11.3 Å². The van der Waals surface area contributed by atoms with Gasteiger partial charge in [0.2, 0.25) is 0 Å². The first-order valence-corrected chi connectivity index (χ1v) is 8.54. The summed E-state index contributed by atoms with van der Waals surface area (Å²) in [4.78, 5) is 29.1. The molecule has 4 rings (SSSR count). The summed E-state index contributed by atoms with van der Waals surface area (Å²) in [7, 11) is 1.67. The van der Waals surface area contributed by atoms with Gasteiger partial charge in [0.1, 0.15) is 11.9 Å². The van der Waals surface area contributed by atoms with Gasteiger partial charge in [0, 0.05) is 40.3 Å². The van der Waals surface area contributed by atoms with E-state index in [9.17, 15) is 4.79 Å². The molecule has 3 heterocycles.